The first-order valence-electron chi connectivity index (χ1n) is 11.3. The minimum absolute atomic E-state index is 0.0397. The summed E-state index contributed by atoms with van der Waals surface area (Å²) in [5.41, 5.74) is 1.90. The maximum Gasteiger partial charge on any atom is 0.414 e. The third kappa shape index (κ3) is 5.36. The number of ether oxygens (including phenoxy) is 1. The zero-order chi connectivity index (χ0) is 25.8. The molecular formula is C26H24N4O6. The van der Waals surface area contributed by atoms with E-state index in [1.165, 1.54) is 0 Å². The van der Waals surface area contributed by atoms with Gasteiger partial charge in [0.05, 0.1) is 11.5 Å². The fourth-order valence-electron chi connectivity index (χ4n) is 3.95. The van der Waals surface area contributed by atoms with Gasteiger partial charge in [-0.1, -0.05) is 54.5 Å². The molecule has 4 rings (SSSR count). The first kappa shape index (κ1) is 24.5. The van der Waals surface area contributed by atoms with Gasteiger partial charge in [-0.15, -0.1) is 0 Å². The van der Waals surface area contributed by atoms with Crippen LogP contribution >= 0.6 is 0 Å². The van der Waals surface area contributed by atoms with Crippen LogP contribution in [0.5, 0.6) is 0 Å². The normalized spacial score (nSPS) is 17.8. The van der Waals surface area contributed by atoms with Crippen molar-refractivity contribution < 1.29 is 28.8 Å². The maximum absolute atomic E-state index is 12.6. The number of rotatable bonds is 8. The Hall–Kier alpha value is -4.65. The van der Waals surface area contributed by atoms with Crippen molar-refractivity contribution >= 4 is 23.9 Å². The topological polar surface area (TPSA) is 155 Å². The number of aromatic nitrogens is 1. The van der Waals surface area contributed by atoms with Crippen molar-refractivity contribution in [2.75, 3.05) is 5.32 Å². The first-order chi connectivity index (χ1) is 17.3. The van der Waals surface area contributed by atoms with Crippen LogP contribution < -0.4 is 10.6 Å². The molecule has 0 aliphatic heterocycles. The number of carboxylic acid groups (broad SMARTS) is 1. The lowest BCUT2D eigenvalue weighted by Gasteiger charge is -2.13. The Balaban J connectivity index is 1.44. The van der Waals surface area contributed by atoms with Gasteiger partial charge in [-0.2, -0.15) is 5.26 Å². The third-order valence-electron chi connectivity index (χ3n) is 6.19. The Labute approximate surface area is 206 Å². The van der Waals surface area contributed by atoms with Gasteiger partial charge in [0, 0.05) is 11.6 Å². The lowest BCUT2D eigenvalue weighted by atomic mass is 10.0. The number of carbonyl (C=O) groups excluding carboxylic acids is 2. The molecule has 2 aromatic carbocycles. The number of nitriles is 1. The zero-order valence-electron chi connectivity index (χ0n) is 19.6. The third-order valence-corrected chi connectivity index (χ3v) is 6.19. The van der Waals surface area contributed by atoms with Crippen molar-refractivity contribution in [2.24, 2.45) is 11.8 Å². The number of nitrogens with zero attached hydrogens (tertiary/aromatic N) is 2. The summed E-state index contributed by atoms with van der Waals surface area (Å²) in [5.74, 6) is -1.87. The lowest BCUT2D eigenvalue weighted by molar-refractivity contribution is -0.141. The minimum Gasteiger partial charge on any atom is -0.481 e. The number of benzene rings is 2. The highest BCUT2D eigenvalue weighted by atomic mass is 16.6. The number of anilines is 1. The standard InChI is InChI=1S/C26H24N4O6/c1-14(25(32)33)19-12-20(19)28-23(31)18-10-8-17(9-11-18)22-21(13-27)30-36-24(22)29-26(34)35-15(2)16-6-4-3-5-7-16/h3-11,14-15,19-20H,12H2,1-2H3,(H,28,31)(H,29,34)(H,32,33). The Morgan fingerprint density at radius 3 is 2.47 bits per heavy atom. The molecule has 4 unspecified atom stereocenters. The molecule has 1 aliphatic rings. The van der Waals surface area contributed by atoms with E-state index < -0.39 is 24.1 Å². The van der Waals surface area contributed by atoms with Crippen molar-refractivity contribution in [1.29, 1.82) is 5.26 Å². The number of amides is 2. The molecule has 10 heteroatoms. The number of hydrogen-bond acceptors (Lipinski definition) is 7. The summed E-state index contributed by atoms with van der Waals surface area (Å²) in [6, 6.07) is 17.3. The molecule has 1 aliphatic carbocycles. The van der Waals surface area contributed by atoms with Gasteiger partial charge < -0.3 is 19.7 Å². The largest absolute Gasteiger partial charge is 0.481 e. The van der Waals surface area contributed by atoms with Crippen molar-refractivity contribution in [2.45, 2.75) is 32.4 Å². The van der Waals surface area contributed by atoms with E-state index in [2.05, 4.69) is 15.8 Å². The van der Waals surface area contributed by atoms with E-state index in [0.717, 1.165) is 5.56 Å². The number of aliphatic carboxylic acids is 1. The van der Waals surface area contributed by atoms with Crippen LogP contribution in [0.1, 0.15) is 48.0 Å². The van der Waals surface area contributed by atoms with Crippen molar-refractivity contribution in [3.8, 4) is 17.2 Å². The molecule has 184 valence electrons. The van der Waals surface area contributed by atoms with E-state index in [1.54, 1.807) is 38.1 Å². The highest BCUT2D eigenvalue weighted by Crippen LogP contribution is 2.38. The fraction of sp³-hybridized carbons (Fsp3) is 0.269. The second-order valence-electron chi connectivity index (χ2n) is 8.61. The Morgan fingerprint density at radius 2 is 1.83 bits per heavy atom. The summed E-state index contributed by atoms with van der Waals surface area (Å²) in [6.45, 7) is 3.36. The maximum atomic E-state index is 12.6. The van der Waals surface area contributed by atoms with Gasteiger partial charge in [-0.25, -0.2) is 4.79 Å². The average Bonchev–Trinajstić information content (AvgIpc) is 3.52. The first-order valence-corrected chi connectivity index (χ1v) is 11.3. The molecule has 1 heterocycles. The van der Waals surface area contributed by atoms with Gasteiger partial charge in [0.2, 0.25) is 5.88 Å². The second kappa shape index (κ2) is 10.3. The van der Waals surface area contributed by atoms with Gasteiger partial charge >= 0.3 is 12.1 Å². The second-order valence-corrected chi connectivity index (χ2v) is 8.61. The monoisotopic (exact) mass is 488 g/mol. The van der Waals surface area contributed by atoms with Gasteiger partial charge in [-0.3, -0.25) is 14.9 Å². The summed E-state index contributed by atoms with van der Waals surface area (Å²) in [6.07, 6.45) is -0.675. The van der Waals surface area contributed by atoms with Crippen LogP contribution in [0.25, 0.3) is 11.1 Å². The average molecular weight is 489 g/mol. The predicted octanol–water partition coefficient (Wildman–Crippen LogP) is 4.36. The fourth-order valence-corrected chi connectivity index (χ4v) is 3.95. The van der Waals surface area contributed by atoms with Crippen LogP contribution in [-0.2, 0) is 9.53 Å². The Morgan fingerprint density at radius 1 is 1.14 bits per heavy atom. The molecule has 0 saturated heterocycles. The zero-order valence-corrected chi connectivity index (χ0v) is 19.6. The molecule has 0 radical (unpaired) electrons. The van der Waals surface area contributed by atoms with Gasteiger partial charge in [0.25, 0.3) is 5.91 Å². The molecule has 0 bridgehead atoms. The molecule has 3 N–H and O–H groups in total. The Bertz CT molecular complexity index is 1310. The number of hydrogen-bond donors (Lipinski definition) is 3. The summed E-state index contributed by atoms with van der Waals surface area (Å²) < 4.78 is 10.6. The summed E-state index contributed by atoms with van der Waals surface area (Å²) >= 11 is 0. The van der Waals surface area contributed by atoms with Gasteiger partial charge in [-0.05, 0) is 42.5 Å². The van der Waals surface area contributed by atoms with E-state index in [9.17, 15) is 19.6 Å². The quantitative estimate of drug-likeness (QED) is 0.422. The number of carbonyl (C=O) groups is 3. The molecule has 2 amide bonds. The van der Waals surface area contributed by atoms with Crippen LogP contribution in [0, 0.1) is 23.2 Å². The molecule has 4 atom stereocenters. The molecule has 1 saturated carbocycles. The van der Waals surface area contributed by atoms with Crippen LogP contribution in [-0.4, -0.2) is 34.3 Å². The van der Waals surface area contributed by atoms with E-state index in [1.807, 2.05) is 36.4 Å². The summed E-state index contributed by atoms with van der Waals surface area (Å²) in [4.78, 5) is 36.1. The molecule has 3 aromatic rings. The smallest absolute Gasteiger partial charge is 0.414 e. The van der Waals surface area contributed by atoms with Gasteiger partial charge in [0.15, 0.2) is 5.69 Å². The van der Waals surface area contributed by atoms with E-state index in [0.29, 0.717) is 17.5 Å². The molecular weight excluding hydrogens is 464 g/mol. The highest BCUT2D eigenvalue weighted by Gasteiger charge is 2.44. The summed E-state index contributed by atoms with van der Waals surface area (Å²) in [5, 5.41) is 27.6. The Kier molecular flexibility index (Phi) is 7.01. The molecule has 1 aromatic heterocycles. The van der Waals surface area contributed by atoms with Crippen molar-refractivity contribution in [1.82, 2.24) is 10.5 Å². The van der Waals surface area contributed by atoms with Crippen molar-refractivity contribution in [3.63, 3.8) is 0 Å². The summed E-state index contributed by atoms with van der Waals surface area (Å²) in [7, 11) is 0. The predicted molar refractivity (Wildman–Crippen MR) is 128 cm³/mol. The molecule has 1 fully saturated rings. The SMILES string of the molecule is CC(OC(=O)Nc1onc(C#N)c1-c1ccc(C(=O)NC2CC2C(C)C(=O)O)cc1)c1ccccc1. The van der Waals surface area contributed by atoms with E-state index >= 15 is 0 Å². The van der Waals surface area contributed by atoms with E-state index in [-0.39, 0.29) is 35.0 Å². The van der Waals surface area contributed by atoms with Crippen LogP contribution in [0.2, 0.25) is 0 Å². The minimum atomic E-state index is -0.883. The van der Waals surface area contributed by atoms with Crippen LogP contribution in [0.4, 0.5) is 10.7 Å². The van der Waals surface area contributed by atoms with Crippen molar-refractivity contribution in [3.05, 3.63) is 71.4 Å². The lowest BCUT2D eigenvalue weighted by Crippen LogP contribution is -2.28. The van der Waals surface area contributed by atoms with Crippen LogP contribution in [0.3, 0.4) is 0 Å². The van der Waals surface area contributed by atoms with Crippen LogP contribution in [0.15, 0.2) is 59.1 Å². The number of nitrogens with one attached hydrogen (secondary N) is 2. The number of carboxylic acids is 1. The molecule has 36 heavy (non-hydrogen) atoms. The molecule has 0 spiro atoms. The highest BCUT2D eigenvalue weighted by molar-refractivity contribution is 5.96. The molecule has 10 nitrogen and oxygen atoms in total. The van der Waals surface area contributed by atoms with E-state index in [4.69, 9.17) is 14.4 Å². The van der Waals surface area contributed by atoms with Gasteiger partial charge in [0.1, 0.15) is 12.2 Å².